The molecule has 1 N–H and O–H groups in total. The first-order valence-electron chi connectivity index (χ1n) is 13.8. The highest BCUT2D eigenvalue weighted by Crippen LogP contribution is 2.47. The first-order chi connectivity index (χ1) is 16.4. The lowest BCUT2D eigenvalue weighted by molar-refractivity contribution is -0.0172. The smallest absolute Gasteiger partial charge is 0.192 e. The molecular formula is C29H56O5Si3. The number of phenolic OH excluding ortho intramolecular Hbond substituents is 1. The minimum absolute atomic E-state index is 0.0454. The summed E-state index contributed by atoms with van der Waals surface area (Å²) in [4.78, 5) is 0. The van der Waals surface area contributed by atoms with E-state index in [1.807, 2.05) is 12.1 Å². The van der Waals surface area contributed by atoms with Crippen molar-refractivity contribution in [1.82, 2.24) is 0 Å². The largest absolute Gasteiger partial charge is 0.508 e. The van der Waals surface area contributed by atoms with E-state index in [0.717, 1.165) is 5.56 Å². The zero-order chi connectivity index (χ0) is 28.8. The van der Waals surface area contributed by atoms with Crippen molar-refractivity contribution in [2.24, 2.45) is 0 Å². The second-order valence-corrected chi connectivity index (χ2v) is 29.8. The van der Waals surface area contributed by atoms with E-state index in [-0.39, 0.29) is 45.3 Å². The van der Waals surface area contributed by atoms with Crippen molar-refractivity contribution in [2.45, 2.75) is 141 Å². The zero-order valence-electron chi connectivity index (χ0n) is 26.4. The molecule has 0 unspecified atom stereocenters. The Balaban J connectivity index is 2.57. The molecule has 0 aliphatic carbocycles. The molecule has 1 aliphatic heterocycles. The Kier molecular flexibility index (Phi) is 9.57. The lowest BCUT2D eigenvalue weighted by Crippen LogP contribution is -2.54. The summed E-state index contributed by atoms with van der Waals surface area (Å²) in [6.45, 7) is 34.7. The molecule has 1 fully saturated rings. The van der Waals surface area contributed by atoms with Gasteiger partial charge in [0.05, 0.1) is 6.61 Å². The summed E-state index contributed by atoms with van der Waals surface area (Å²) < 4.78 is 27.9. The SMILES string of the molecule is CC(C)(C)[Si](C)(C)OC[C@H]1O[C@@H](c2ccc(O)cc2)[C@H](O[Si](C)(C)C(C)(C)C)[C@@H]1O[Si](C)(C)C(C)(C)C. The fourth-order valence-corrected chi connectivity index (χ4v) is 7.23. The molecule has 0 spiro atoms. The van der Waals surface area contributed by atoms with E-state index in [0.29, 0.717) is 6.61 Å². The summed E-state index contributed by atoms with van der Waals surface area (Å²) in [7, 11) is -6.31. The van der Waals surface area contributed by atoms with Crippen molar-refractivity contribution in [3.63, 3.8) is 0 Å². The average Bonchev–Trinajstić information content (AvgIpc) is 3.00. The monoisotopic (exact) mass is 568 g/mol. The molecule has 37 heavy (non-hydrogen) atoms. The standard InChI is InChI=1S/C29H56O5Si3/c1-27(2,3)35(10,11)31-20-23-25(33-36(12,13)28(4,5)6)26(34-37(14,15)29(7,8)9)24(32-23)21-16-18-22(30)19-17-21/h16-19,23-26,30H,20H2,1-15H3/t23-,24+,25-,26+/m1/s1. The van der Waals surface area contributed by atoms with Gasteiger partial charge in [-0.05, 0) is 72.1 Å². The minimum Gasteiger partial charge on any atom is -0.508 e. The summed E-state index contributed by atoms with van der Waals surface area (Å²) in [5.74, 6) is 0.246. The zero-order valence-corrected chi connectivity index (χ0v) is 29.4. The van der Waals surface area contributed by atoms with Crippen LogP contribution in [0, 0.1) is 0 Å². The number of aromatic hydroxyl groups is 1. The number of ether oxygens (including phenoxy) is 1. The van der Waals surface area contributed by atoms with Gasteiger partial charge >= 0.3 is 0 Å². The van der Waals surface area contributed by atoms with Gasteiger partial charge in [-0.15, -0.1) is 0 Å². The summed E-state index contributed by atoms with van der Waals surface area (Å²) in [6, 6.07) is 7.35. The topological polar surface area (TPSA) is 57.2 Å². The van der Waals surface area contributed by atoms with Crippen LogP contribution in [0.5, 0.6) is 5.75 Å². The van der Waals surface area contributed by atoms with Gasteiger partial charge in [0.1, 0.15) is 30.2 Å². The lowest BCUT2D eigenvalue weighted by Gasteiger charge is -2.44. The maximum Gasteiger partial charge on any atom is 0.192 e. The number of phenols is 1. The van der Waals surface area contributed by atoms with Crippen LogP contribution in [0.3, 0.4) is 0 Å². The third-order valence-electron chi connectivity index (χ3n) is 9.42. The molecule has 4 atom stereocenters. The predicted octanol–water partition coefficient (Wildman–Crippen LogP) is 8.63. The van der Waals surface area contributed by atoms with E-state index in [1.54, 1.807) is 12.1 Å². The molecule has 2 rings (SSSR count). The van der Waals surface area contributed by atoms with E-state index in [4.69, 9.17) is 18.0 Å². The van der Waals surface area contributed by atoms with Gasteiger partial charge in [-0.3, -0.25) is 0 Å². The lowest BCUT2D eigenvalue weighted by atomic mass is 10.0. The summed E-state index contributed by atoms with van der Waals surface area (Å²) >= 11 is 0. The maximum atomic E-state index is 9.96. The second kappa shape index (κ2) is 10.8. The van der Waals surface area contributed by atoms with Gasteiger partial charge in [-0.25, -0.2) is 0 Å². The fourth-order valence-electron chi connectivity index (χ4n) is 3.61. The number of benzene rings is 1. The Morgan fingerprint density at radius 2 is 1.08 bits per heavy atom. The summed E-state index contributed by atoms with van der Waals surface area (Å²) in [6.07, 6.45) is -1.03. The molecule has 5 nitrogen and oxygen atoms in total. The molecule has 0 bridgehead atoms. The number of hydrogen-bond donors (Lipinski definition) is 1. The predicted molar refractivity (Wildman–Crippen MR) is 163 cm³/mol. The molecule has 1 aromatic rings. The van der Waals surface area contributed by atoms with Gasteiger partial charge in [0, 0.05) is 0 Å². The molecule has 1 saturated heterocycles. The molecule has 0 radical (unpaired) electrons. The molecule has 1 aliphatic rings. The van der Waals surface area contributed by atoms with Crippen molar-refractivity contribution in [2.75, 3.05) is 6.61 Å². The Labute approximate surface area is 231 Å². The Morgan fingerprint density at radius 1 is 0.676 bits per heavy atom. The molecule has 1 heterocycles. The van der Waals surface area contributed by atoms with Crippen LogP contribution in [0.1, 0.15) is 74.0 Å². The highest BCUT2D eigenvalue weighted by atomic mass is 28.4. The van der Waals surface area contributed by atoms with Crippen LogP contribution in [0.4, 0.5) is 0 Å². The minimum atomic E-state index is -2.16. The number of rotatable bonds is 8. The van der Waals surface area contributed by atoms with Crippen LogP contribution in [0.15, 0.2) is 24.3 Å². The van der Waals surface area contributed by atoms with Crippen molar-refractivity contribution >= 4 is 25.0 Å². The summed E-state index contributed by atoms with van der Waals surface area (Å²) in [5.41, 5.74) is 1.00. The number of hydrogen-bond acceptors (Lipinski definition) is 5. The van der Waals surface area contributed by atoms with Crippen LogP contribution < -0.4 is 0 Å². The van der Waals surface area contributed by atoms with E-state index in [9.17, 15) is 5.11 Å². The van der Waals surface area contributed by atoms with Crippen molar-refractivity contribution in [3.8, 4) is 5.75 Å². The first kappa shape index (κ1) is 32.7. The van der Waals surface area contributed by atoms with Crippen molar-refractivity contribution in [3.05, 3.63) is 29.8 Å². The normalized spacial score (nSPS) is 24.5. The second-order valence-electron chi connectivity index (χ2n) is 15.4. The Bertz CT molecular complexity index is 892. The van der Waals surface area contributed by atoms with E-state index < -0.39 is 25.0 Å². The highest BCUT2D eigenvalue weighted by Gasteiger charge is 2.54. The van der Waals surface area contributed by atoms with Gasteiger partial charge in [-0.2, -0.15) is 0 Å². The average molecular weight is 569 g/mol. The molecular weight excluding hydrogens is 513 g/mol. The Hall–Kier alpha value is -0.489. The van der Waals surface area contributed by atoms with E-state index in [1.165, 1.54) is 0 Å². The van der Waals surface area contributed by atoms with E-state index >= 15 is 0 Å². The molecule has 1 aromatic carbocycles. The molecule has 214 valence electrons. The van der Waals surface area contributed by atoms with E-state index in [2.05, 4.69) is 102 Å². The maximum absolute atomic E-state index is 9.96. The van der Waals surface area contributed by atoms with Crippen LogP contribution in [0.2, 0.25) is 54.4 Å². The van der Waals surface area contributed by atoms with Crippen LogP contribution >= 0.6 is 0 Å². The van der Waals surface area contributed by atoms with Crippen LogP contribution in [0.25, 0.3) is 0 Å². The third kappa shape index (κ3) is 7.58. The van der Waals surface area contributed by atoms with Gasteiger partial charge in [-0.1, -0.05) is 74.4 Å². The first-order valence-corrected chi connectivity index (χ1v) is 22.6. The van der Waals surface area contributed by atoms with Gasteiger partial charge < -0.3 is 23.1 Å². The van der Waals surface area contributed by atoms with Crippen LogP contribution in [-0.2, 0) is 18.0 Å². The van der Waals surface area contributed by atoms with Crippen LogP contribution in [-0.4, -0.2) is 55.0 Å². The van der Waals surface area contributed by atoms with Gasteiger partial charge in [0.15, 0.2) is 25.0 Å². The molecule has 0 aromatic heterocycles. The third-order valence-corrected chi connectivity index (χ3v) is 22.9. The highest BCUT2D eigenvalue weighted by molar-refractivity contribution is 6.75. The van der Waals surface area contributed by atoms with Gasteiger partial charge in [0.2, 0.25) is 0 Å². The Morgan fingerprint density at radius 3 is 1.49 bits per heavy atom. The van der Waals surface area contributed by atoms with Crippen molar-refractivity contribution in [1.29, 1.82) is 0 Å². The molecule has 8 heteroatoms. The molecule has 0 saturated carbocycles. The van der Waals surface area contributed by atoms with Crippen molar-refractivity contribution < 1.29 is 23.1 Å². The summed E-state index contributed by atoms with van der Waals surface area (Å²) in [5, 5.41) is 10.2. The molecule has 0 amide bonds. The quantitative estimate of drug-likeness (QED) is 0.318. The van der Waals surface area contributed by atoms with Gasteiger partial charge in [0.25, 0.3) is 0 Å². The fraction of sp³-hybridized carbons (Fsp3) is 0.793.